The molecule has 4 N–H and O–H groups in total. The summed E-state index contributed by atoms with van der Waals surface area (Å²) in [5.41, 5.74) is 5.39. The maximum atomic E-state index is 11.9. The van der Waals surface area contributed by atoms with Crippen molar-refractivity contribution >= 4 is 17.8 Å². The van der Waals surface area contributed by atoms with Crippen molar-refractivity contribution in [3.8, 4) is 0 Å². The zero-order chi connectivity index (χ0) is 16.1. The van der Waals surface area contributed by atoms with Crippen molar-refractivity contribution in [1.29, 1.82) is 0 Å². The second-order valence-corrected chi connectivity index (χ2v) is 6.04. The third-order valence-corrected chi connectivity index (χ3v) is 3.89. The molecule has 0 unspecified atom stereocenters. The number of nitrogens with zero attached hydrogens (tertiary/aromatic N) is 3. The van der Waals surface area contributed by atoms with Crippen LogP contribution < -0.4 is 11.1 Å². The van der Waals surface area contributed by atoms with Crippen LogP contribution in [0.15, 0.2) is 0 Å². The number of hydrogen-bond acceptors (Lipinski definition) is 5. The molecule has 1 saturated heterocycles. The van der Waals surface area contributed by atoms with Crippen LogP contribution >= 0.6 is 0 Å². The first-order chi connectivity index (χ1) is 10.5. The van der Waals surface area contributed by atoms with E-state index in [1.54, 1.807) is 0 Å². The topological polar surface area (TPSA) is 117 Å². The van der Waals surface area contributed by atoms with Crippen LogP contribution in [0.25, 0.3) is 0 Å². The Morgan fingerprint density at radius 3 is 2.64 bits per heavy atom. The van der Waals surface area contributed by atoms with E-state index in [1.165, 1.54) is 0 Å². The summed E-state index contributed by atoms with van der Waals surface area (Å²) < 4.78 is 0. The molecule has 8 nitrogen and oxygen atoms in total. The van der Waals surface area contributed by atoms with Crippen LogP contribution in [0.3, 0.4) is 0 Å². The number of nitrogens with one attached hydrogen (secondary N) is 2. The van der Waals surface area contributed by atoms with Gasteiger partial charge in [0.05, 0.1) is 6.42 Å². The minimum atomic E-state index is -0.100. The molecule has 1 aromatic heterocycles. The first-order valence-corrected chi connectivity index (χ1v) is 7.68. The molecule has 2 rings (SSSR count). The standard InChI is InChI=1S/C14H24N6O2/c1-9(2)13(22)20-5-3-10(4-6-20)8-16-12(21)7-11-17-14(15)19-18-11/h9-10H,3-8H2,1-2H3,(H,16,21)(H3,15,17,18,19). The van der Waals surface area contributed by atoms with Gasteiger partial charge in [-0.15, -0.1) is 5.10 Å². The normalized spacial score (nSPS) is 16.0. The molecule has 1 aromatic rings. The molecule has 2 heterocycles. The van der Waals surface area contributed by atoms with Gasteiger partial charge >= 0.3 is 0 Å². The van der Waals surface area contributed by atoms with Crippen molar-refractivity contribution in [2.75, 3.05) is 25.4 Å². The van der Waals surface area contributed by atoms with Gasteiger partial charge in [0.1, 0.15) is 5.82 Å². The molecule has 2 amide bonds. The number of likely N-dealkylation sites (tertiary alicyclic amines) is 1. The monoisotopic (exact) mass is 308 g/mol. The first kappa shape index (κ1) is 16.3. The second kappa shape index (κ2) is 7.24. The fourth-order valence-electron chi connectivity index (χ4n) is 2.58. The highest BCUT2D eigenvalue weighted by atomic mass is 16.2. The predicted molar refractivity (Wildman–Crippen MR) is 81.7 cm³/mol. The van der Waals surface area contributed by atoms with E-state index in [-0.39, 0.29) is 30.1 Å². The average Bonchev–Trinajstić information content (AvgIpc) is 2.90. The van der Waals surface area contributed by atoms with Crippen LogP contribution in [0.2, 0.25) is 0 Å². The second-order valence-electron chi connectivity index (χ2n) is 6.04. The number of aromatic nitrogens is 3. The van der Waals surface area contributed by atoms with Gasteiger partial charge in [-0.25, -0.2) is 0 Å². The zero-order valence-electron chi connectivity index (χ0n) is 13.1. The van der Waals surface area contributed by atoms with E-state index in [1.807, 2.05) is 18.7 Å². The Balaban J connectivity index is 1.68. The number of amides is 2. The number of carbonyl (C=O) groups excluding carboxylic acids is 2. The maximum absolute atomic E-state index is 11.9. The van der Waals surface area contributed by atoms with Gasteiger partial charge in [-0.05, 0) is 18.8 Å². The molecule has 1 aliphatic rings. The highest BCUT2D eigenvalue weighted by Gasteiger charge is 2.24. The molecule has 122 valence electrons. The molecule has 0 radical (unpaired) electrons. The van der Waals surface area contributed by atoms with Crippen LogP contribution in [0, 0.1) is 11.8 Å². The number of H-pyrrole nitrogens is 1. The van der Waals surface area contributed by atoms with Gasteiger partial charge < -0.3 is 16.0 Å². The lowest BCUT2D eigenvalue weighted by atomic mass is 9.96. The van der Waals surface area contributed by atoms with Crippen molar-refractivity contribution in [3.63, 3.8) is 0 Å². The summed E-state index contributed by atoms with van der Waals surface area (Å²) in [6.45, 7) is 6.02. The lowest BCUT2D eigenvalue weighted by molar-refractivity contribution is -0.136. The number of nitrogen functional groups attached to an aromatic ring is 1. The van der Waals surface area contributed by atoms with E-state index in [9.17, 15) is 9.59 Å². The number of piperidine rings is 1. The quantitative estimate of drug-likeness (QED) is 0.704. The van der Waals surface area contributed by atoms with Gasteiger partial charge in [-0.2, -0.15) is 4.98 Å². The van der Waals surface area contributed by atoms with E-state index in [0.717, 1.165) is 25.9 Å². The third-order valence-electron chi connectivity index (χ3n) is 3.89. The minimum absolute atomic E-state index is 0.0468. The molecular formula is C14H24N6O2. The van der Waals surface area contributed by atoms with Gasteiger partial charge in [0, 0.05) is 25.6 Å². The molecule has 1 aliphatic heterocycles. The molecule has 0 saturated carbocycles. The lowest BCUT2D eigenvalue weighted by Gasteiger charge is -2.33. The summed E-state index contributed by atoms with van der Waals surface area (Å²) in [7, 11) is 0. The van der Waals surface area contributed by atoms with Crippen molar-refractivity contribution < 1.29 is 9.59 Å². The number of nitrogens with two attached hydrogens (primary N) is 1. The minimum Gasteiger partial charge on any atom is -0.367 e. The fraction of sp³-hybridized carbons (Fsp3) is 0.714. The zero-order valence-corrected chi connectivity index (χ0v) is 13.1. The Bertz CT molecular complexity index is 519. The number of rotatable bonds is 5. The Morgan fingerprint density at radius 1 is 1.41 bits per heavy atom. The molecule has 8 heteroatoms. The summed E-state index contributed by atoms with van der Waals surface area (Å²) in [6.07, 6.45) is 2.00. The van der Waals surface area contributed by atoms with E-state index >= 15 is 0 Å². The maximum Gasteiger partial charge on any atom is 0.239 e. The molecule has 1 fully saturated rings. The molecule has 0 aromatic carbocycles. The predicted octanol–water partition coefficient (Wildman–Crippen LogP) is -0.0598. The summed E-state index contributed by atoms with van der Waals surface area (Å²) in [6, 6.07) is 0. The highest BCUT2D eigenvalue weighted by molar-refractivity contribution is 5.78. The van der Waals surface area contributed by atoms with Crippen molar-refractivity contribution in [1.82, 2.24) is 25.4 Å². The van der Waals surface area contributed by atoms with Gasteiger partial charge in [-0.1, -0.05) is 13.8 Å². The molecule has 0 atom stereocenters. The van der Waals surface area contributed by atoms with Gasteiger partial charge in [0.25, 0.3) is 0 Å². The van der Waals surface area contributed by atoms with Gasteiger partial charge in [0.2, 0.25) is 17.8 Å². The van der Waals surface area contributed by atoms with Gasteiger partial charge in [0.15, 0.2) is 0 Å². The molecule has 22 heavy (non-hydrogen) atoms. The number of hydrogen-bond donors (Lipinski definition) is 3. The van der Waals surface area contributed by atoms with Crippen LogP contribution in [-0.2, 0) is 16.0 Å². The Labute approximate surface area is 129 Å². The third kappa shape index (κ3) is 4.44. The summed E-state index contributed by atoms with van der Waals surface area (Å²) in [5, 5.41) is 9.20. The summed E-state index contributed by atoms with van der Waals surface area (Å²) >= 11 is 0. The SMILES string of the molecule is CC(C)C(=O)N1CCC(CNC(=O)Cc2nc(N)n[nH]2)CC1. The average molecular weight is 308 g/mol. The highest BCUT2D eigenvalue weighted by Crippen LogP contribution is 2.18. The summed E-state index contributed by atoms with van der Waals surface area (Å²) in [5.74, 6) is 1.19. The van der Waals surface area contributed by atoms with Crippen LogP contribution in [0.1, 0.15) is 32.5 Å². The lowest BCUT2D eigenvalue weighted by Crippen LogP contribution is -2.43. The largest absolute Gasteiger partial charge is 0.367 e. The molecular weight excluding hydrogens is 284 g/mol. The number of aromatic amines is 1. The van der Waals surface area contributed by atoms with Gasteiger partial charge in [-0.3, -0.25) is 14.7 Å². The Kier molecular flexibility index (Phi) is 5.35. The van der Waals surface area contributed by atoms with E-state index in [2.05, 4.69) is 20.5 Å². The van der Waals surface area contributed by atoms with Crippen molar-refractivity contribution in [2.24, 2.45) is 11.8 Å². The molecule has 0 aliphatic carbocycles. The van der Waals surface area contributed by atoms with Crippen LogP contribution in [0.5, 0.6) is 0 Å². The van der Waals surface area contributed by atoms with Crippen molar-refractivity contribution in [2.45, 2.75) is 33.1 Å². The molecule has 0 bridgehead atoms. The number of anilines is 1. The molecule has 0 spiro atoms. The van der Waals surface area contributed by atoms with Crippen LogP contribution in [-0.4, -0.2) is 51.5 Å². The summed E-state index contributed by atoms with van der Waals surface area (Å²) in [4.78, 5) is 29.5. The van der Waals surface area contributed by atoms with E-state index in [0.29, 0.717) is 18.3 Å². The Hall–Kier alpha value is -2.12. The van der Waals surface area contributed by atoms with Crippen molar-refractivity contribution in [3.05, 3.63) is 5.82 Å². The smallest absolute Gasteiger partial charge is 0.239 e. The van der Waals surface area contributed by atoms with E-state index in [4.69, 9.17) is 5.73 Å². The Morgan fingerprint density at radius 2 is 2.09 bits per heavy atom. The van der Waals surface area contributed by atoms with E-state index < -0.39 is 0 Å². The first-order valence-electron chi connectivity index (χ1n) is 7.68. The number of carbonyl (C=O) groups is 2. The fourth-order valence-corrected chi connectivity index (χ4v) is 2.58. The van der Waals surface area contributed by atoms with Crippen LogP contribution in [0.4, 0.5) is 5.95 Å².